The van der Waals surface area contributed by atoms with Crippen LogP contribution in [0.4, 0.5) is 0 Å². The number of aliphatic hydroxyl groups excluding tert-OH is 1. The molecule has 110 valence electrons. The minimum atomic E-state index is -0.212. The number of aliphatic hydroxyl groups is 1. The fourth-order valence-corrected chi connectivity index (χ4v) is 3.21. The number of carbonyl (C=O) groups excluding carboxylic acids is 1. The molecule has 1 aromatic carbocycles. The maximum Gasteiger partial charge on any atom is 0.227 e. The van der Waals surface area contributed by atoms with Gasteiger partial charge in [0.2, 0.25) is 5.91 Å². The molecule has 0 radical (unpaired) electrons. The van der Waals surface area contributed by atoms with E-state index in [-0.39, 0.29) is 12.0 Å². The van der Waals surface area contributed by atoms with E-state index in [9.17, 15) is 9.90 Å². The second-order valence-corrected chi connectivity index (χ2v) is 6.32. The van der Waals surface area contributed by atoms with Crippen molar-refractivity contribution in [3.8, 4) is 0 Å². The summed E-state index contributed by atoms with van der Waals surface area (Å²) in [6.45, 7) is 3.55. The van der Waals surface area contributed by atoms with Gasteiger partial charge in [-0.05, 0) is 36.8 Å². The molecule has 0 aromatic heterocycles. The summed E-state index contributed by atoms with van der Waals surface area (Å²) < 4.78 is 0.990. The van der Waals surface area contributed by atoms with Gasteiger partial charge in [0.1, 0.15) is 0 Å². The second-order valence-electron chi connectivity index (χ2n) is 5.46. The summed E-state index contributed by atoms with van der Waals surface area (Å²) in [5.74, 6) is 0.536. The van der Waals surface area contributed by atoms with E-state index in [0.29, 0.717) is 12.3 Å². The Balaban J connectivity index is 1.88. The third-order valence-corrected chi connectivity index (χ3v) is 4.93. The quantitative estimate of drug-likeness (QED) is 0.915. The number of nitrogens with zero attached hydrogens (tertiary/aromatic N) is 1. The topological polar surface area (TPSA) is 40.5 Å². The summed E-state index contributed by atoms with van der Waals surface area (Å²) in [6, 6.07) is 7.86. The highest BCUT2D eigenvalue weighted by Crippen LogP contribution is 2.23. The lowest BCUT2D eigenvalue weighted by molar-refractivity contribution is -0.132. The average molecular weight is 340 g/mol. The van der Waals surface area contributed by atoms with Gasteiger partial charge >= 0.3 is 0 Å². The third kappa shape index (κ3) is 3.83. The zero-order valence-corrected chi connectivity index (χ0v) is 13.5. The first-order valence-electron chi connectivity index (χ1n) is 7.31. The van der Waals surface area contributed by atoms with E-state index in [4.69, 9.17) is 0 Å². The fourth-order valence-electron chi connectivity index (χ4n) is 2.78. The van der Waals surface area contributed by atoms with Crippen molar-refractivity contribution in [1.82, 2.24) is 4.90 Å². The molecule has 1 fully saturated rings. The molecule has 1 aliphatic rings. The number of rotatable bonds is 4. The van der Waals surface area contributed by atoms with E-state index >= 15 is 0 Å². The van der Waals surface area contributed by atoms with Gasteiger partial charge in [0, 0.05) is 17.6 Å². The molecular weight excluding hydrogens is 318 g/mol. The van der Waals surface area contributed by atoms with E-state index in [1.165, 1.54) is 0 Å². The summed E-state index contributed by atoms with van der Waals surface area (Å²) >= 11 is 3.48. The Hall–Kier alpha value is -0.870. The van der Waals surface area contributed by atoms with Crippen molar-refractivity contribution in [2.24, 2.45) is 5.92 Å². The van der Waals surface area contributed by atoms with E-state index in [2.05, 4.69) is 15.9 Å². The number of amides is 1. The highest BCUT2D eigenvalue weighted by atomic mass is 79.9. The Labute approximate surface area is 129 Å². The van der Waals surface area contributed by atoms with Crippen molar-refractivity contribution < 1.29 is 9.90 Å². The molecule has 0 saturated carbocycles. The summed E-state index contributed by atoms with van der Waals surface area (Å²) in [5.41, 5.74) is 1.04. The Kier molecular flexibility index (Phi) is 5.61. The van der Waals surface area contributed by atoms with E-state index in [0.717, 1.165) is 42.4 Å². The summed E-state index contributed by atoms with van der Waals surface area (Å²) in [6.07, 6.45) is 2.86. The number of hydrogen-bond acceptors (Lipinski definition) is 2. The van der Waals surface area contributed by atoms with Gasteiger partial charge in [0.25, 0.3) is 0 Å². The monoisotopic (exact) mass is 339 g/mol. The molecule has 1 N–H and O–H groups in total. The van der Waals surface area contributed by atoms with Gasteiger partial charge in [-0.3, -0.25) is 4.79 Å². The van der Waals surface area contributed by atoms with Gasteiger partial charge in [0.15, 0.2) is 0 Å². The van der Waals surface area contributed by atoms with Crippen LogP contribution in [0, 0.1) is 5.92 Å². The SMILES string of the molecule is CCC(O)C1CCN(C(=O)Cc2ccccc2Br)CC1. The van der Waals surface area contributed by atoms with E-state index in [1.807, 2.05) is 36.1 Å². The molecule has 4 heteroatoms. The number of piperidine rings is 1. The molecule has 1 aliphatic heterocycles. The van der Waals surface area contributed by atoms with Crippen LogP contribution in [0.15, 0.2) is 28.7 Å². The van der Waals surface area contributed by atoms with Crippen LogP contribution < -0.4 is 0 Å². The zero-order chi connectivity index (χ0) is 14.5. The van der Waals surface area contributed by atoms with Crippen molar-refractivity contribution in [3.63, 3.8) is 0 Å². The smallest absolute Gasteiger partial charge is 0.227 e. The maximum atomic E-state index is 12.3. The van der Waals surface area contributed by atoms with Gasteiger partial charge in [-0.15, -0.1) is 0 Å². The molecule has 1 amide bonds. The number of carbonyl (C=O) groups is 1. The fraction of sp³-hybridized carbons (Fsp3) is 0.562. The van der Waals surface area contributed by atoms with Crippen LogP contribution >= 0.6 is 15.9 Å². The molecule has 0 spiro atoms. The van der Waals surface area contributed by atoms with Crippen molar-refractivity contribution in [3.05, 3.63) is 34.3 Å². The maximum absolute atomic E-state index is 12.3. The highest BCUT2D eigenvalue weighted by Gasteiger charge is 2.26. The van der Waals surface area contributed by atoms with E-state index < -0.39 is 0 Å². The standard InChI is InChI=1S/C16H22BrNO2/c1-2-15(19)12-7-9-18(10-8-12)16(20)11-13-5-3-4-6-14(13)17/h3-6,12,15,19H,2,7-11H2,1H3. The van der Waals surface area contributed by atoms with Gasteiger partial charge in [-0.1, -0.05) is 41.1 Å². The first kappa shape index (κ1) is 15.5. The predicted octanol–water partition coefficient (Wildman–Crippen LogP) is 3.00. The Morgan fingerprint density at radius 1 is 1.40 bits per heavy atom. The lowest BCUT2D eigenvalue weighted by Crippen LogP contribution is -2.41. The zero-order valence-electron chi connectivity index (χ0n) is 11.9. The molecular formula is C16H22BrNO2. The van der Waals surface area contributed by atoms with Crippen LogP contribution in [0.25, 0.3) is 0 Å². The molecule has 0 bridgehead atoms. The van der Waals surface area contributed by atoms with Crippen LogP contribution in [-0.2, 0) is 11.2 Å². The van der Waals surface area contributed by atoms with E-state index in [1.54, 1.807) is 0 Å². The lowest BCUT2D eigenvalue weighted by Gasteiger charge is -2.34. The molecule has 3 nitrogen and oxygen atoms in total. The number of benzene rings is 1. The molecule has 0 aliphatic carbocycles. The molecule has 1 heterocycles. The first-order chi connectivity index (χ1) is 9.61. The minimum absolute atomic E-state index is 0.182. The predicted molar refractivity (Wildman–Crippen MR) is 83.4 cm³/mol. The van der Waals surface area contributed by atoms with Crippen LogP contribution in [0.2, 0.25) is 0 Å². The van der Waals surface area contributed by atoms with Crippen LogP contribution in [-0.4, -0.2) is 35.1 Å². The van der Waals surface area contributed by atoms with Crippen LogP contribution in [0.3, 0.4) is 0 Å². The van der Waals surface area contributed by atoms with Crippen molar-refractivity contribution in [2.75, 3.05) is 13.1 Å². The van der Waals surface area contributed by atoms with Gasteiger partial charge < -0.3 is 10.0 Å². The number of likely N-dealkylation sites (tertiary alicyclic amines) is 1. The molecule has 1 atom stereocenters. The van der Waals surface area contributed by atoms with Crippen LogP contribution in [0.5, 0.6) is 0 Å². The van der Waals surface area contributed by atoms with Gasteiger partial charge in [-0.2, -0.15) is 0 Å². The highest BCUT2D eigenvalue weighted by molar-refractivity contribution is 9.10. The molecule has 20 heavy (non-hydrogen) atoms. The normalized spacial score (nSPS) is 18.1. The van der Waals surface area contributed by atoms with Crippen molar-refractivity contribution in [1.29, 1.82) is 0 Å². The second kappa shape index (κ2) is 7.23. The minimum Gasteiger partial charge on any atom is -0.393 e. The van der Waals surface area contributed by atoms with Crippen molar-refractivity contribution in [2.45, 2.75) is 38.7 Å². The largest absolute Gasteiger partial charge is 0.393 e. The number of hydrogen-bond donors (Lipinski definition) is 1. The Bertz CT molecular complexity index is 456. The Morgan fingerprint density at radius 3 is 2.65 bits per heavy atom. The molecule has 1 saturated heterocycles. The first-order valence-corrected chi connectivity index (χ1v) is 8.10. The molecule has 2 rings (SSSR count). The Morgan fingerprint density at radius 2 is 2.05 bits per heavy atom. The lowest BCUT2D eigenvalue weighted by atomic mass is 9.90. The number of halogens is 1. The summed E-state index contributed by atoms with van der Waals surface area (Å²) in [5, 5.41) is 9.87. The summed E-state index contributed by atoms with van der Waals surface area (Å²) in [7, 11) is 0. The van der Waals surface area contributed by atoms with Crippen LogP contribution in [0.1, 0.15) is 31.7 Å². The van der Waals surface area contributed by atoms with Crippen molar-refractivity contribution >= 4 is 21.8 Å². The third-order valence-electron chi connectivity index (χ3n) is 4.15. The van der Waals surface area contributed by atoms with Gasteiger partial charge in [0.05, 0.1) is 12.5 Å². The molecule has 1 aromatic rings. The average Bonchev–Trinajstić information content (AvgIpc) is 2.49. The molecule has 1 unspecified atom stereocenters. The van der Waals surface area contributed by atoms with Gasteiger partial charge in [-0.25, -0.2) is 0 Å². The summed E-state index contributed by atoms with van der Waals surface area (Å²) in [4.78, 5) is 14.2.